The zero-order chi connectivity index (χ0) is 29.9. The zero-order valence-electron chi connectivity index (χ0n) is 22.4. The fraction of sp³-hybridized carbons (Fsp3) is 0.800. The zero-order valence-corrected chi connectivity index (χ0v) is 22.4. The lowest BCUT2D eigenvalue weighted by Gasteiger charge is -2.47. The van der Waals surface area contributed by atoms with Crippen LogP contribution in [0.3, 0.4) is 0 Å². The maximum atomic E-state index is 13.6. The predicted molar refractivity (Wildman–Crippen MR) is 128 cm³/mol. The molecule has 3 rings (SSSR count). The number of carbonyl (C=O) groups is 1. The summed E-state index contributed by atoms with van der Waals surface area (Å²) in [5.74, 6) is 0.423. The molecule has 6 nitrogen and oxygen atoms in total. The Morgan fingerprint density at radius 1 is 1.00 bits per heavy atom. The monoisotopic (exact) mass is 594 g/mol. The molecule has 0 radical (unpaired) electrons. The van der Waals surface area contributed by atoms with Crippen LogP contribution in [0.5, 0.6) is 0 Å². The molecule has 230 valence electrons. The van der Waals surface area contributed by atoms with Gasteiger partial charge in [0.1, 0.15) is 0 Å². The maximum Gasteiger partial charge on any atom is 0.434 e. The average molecular weight is 595 g/mol. The Labute approximate surface area is 227 Å². The molecule has 1 N–H and O–H groups in total. The molecule has 0 aromatic rings. The van der Waals surface area contributed by atoms with E-state index in [2.05, 4.69) is 10.1 Å². The Hall–Kier alpha value is -2.16. The molecule has 15 heteroatoms. The minimum Gasteiger partial charge on any atom is -0.426 e. The van der Waals surface area contributed by atoms with Crippen molar-refractivity contribution >= 4 is 6.09 Å². The SMILES string of the molecule is CCNCC1CCN(C2=CC(C(F)(F)F)=CCC2(C)CN2CCN(C(=O)OC(C(F)(F)F)C(F)(F)F)CC2)CC1. The lowest BCUT2D eigenvalue weighted by Crippen LogP contribution is -2.54. The summed E-state index contributed by atoms with van der Waals surface area (Å²) >= 11 is 0. The van der Waals surface area contributed by atoms with Gasteiger partial charge in [-0.1, -0.05) is 19.9 Å². The molecular weight excluding hydrogens is 559 g/mol. The van der Waals surface area contributed by atoms with Crippen LogP contribution >= 0.6 is 0 Å². The van der Waals surface area contributed by atoms with Crippen LogP contribution in [-0.4, -0.2) is 104 Å². The van der Waals surface area contributed by atoms with Crippen molar-refractivity contribution in [2.45, 2.75) is 57.7 Å². The Kier molecular flexibility index (Phi) is 10.0. The third-order valence-electron chi connectivity index (χ3n) is 7.66. The molecule has 2 saturated heterocycles. The van der Waals surface area contributed by atoms with E-state index in [1.54, 1.807) is 0 Å². The van der Waals surface area contributed by atoms with Crippen LogP contribution in [0.15, 0.2) is 23.4 Å². The Morgan fingerprint density at radius 3 is 2.08 bits per heavy atom. The quantitative estimate of drug-likeness (QED) is 0.404. The van der Waals surface area contributed by atoms with Gasteiger partial charge in [-0.2, -0.15) is 39.5 Å². The minimum atomic E-state index is -5.81. The Morgan fingerprint density at radius 2 is 1.57 bits per heavy atom. The molecule has 0 aromatic carbocycles. The number of ether oxygens (including phenoxy) is 1. The Balaban J connectivity index is 1.66. The van der Waals surface area contributed by atoms with Crippen LogP contribution in [0.4, 0.5) is 44.3 Å². The lowest BCUT2D eigenvalue weighted by molar-refractivity contribution is -0.308. The third kappa shape index (κ3) is 8.20. The van der Waals surface area contributed by atoms with E-state index in [-0.39, 0.29) is 32.6 Å². The number of rotatable bonds is 7. The van der Waals surface area contributed by atoms with Crippen molar-refractivity contribution in [2.24, 2.45) is 11.3 Å². The first-order valence-corrected chi connectivity index (χ1v) is 13.2. The molecule has 1 amide bonds. The lowest BCUT2D eigenvalue weighted by atomic mass is 9.76. The summed E-state index contributed by atoms with van der Waals surface area (Å²) in [5.41, 5.74) is -0.876. The van der Waals surface area contributed by atoms with Gasteiger partial charge in [-0.15, -0.1) is 0 Å². The first-order chi connectivity index (χ1) is 18.4. The summed E-state index contributed by atoms with van der Waals surface area (Å²) < 4.78 is 121. The van der Waals surface area contributed by atoms with Crippen molar-refractivity contribution in [3.05, 3.63) is 23.4 Å². The molecule has 0 aromatic heterocycles. The number of halogens is 9. The second kappa shape index (κ2) is 12.4. The predicted octanol–water partition coefficient (Wildman–Crippen LogP) is 5.34. The van der Waals surface area contributed by atoms with Gasteiger partial charge in [-0.25, -0.2) is 4.79 Å². The van der Waals surface area contributed by atoms with Crippen LogP contribution in [0.1, 0.15) is 33.1 Å². The molecule has 1 unspecified atom stereocenters. The van der Waals surface area contributed by atoms with Gasteiger partial charge in [-0.3, -0.25) is 4.90 Å². The number of piperidine rings is 1. The molecule has 1 aliphatic carbocycles. The highest BCUT2D eigenvalue weighted by Gasteiger charge is 2.60. The molecule has 0 saturated carbocycles. The van der Waals surface area contributed by atoms with Gasteiger partial charge in [0.25, 0.3) is 6.10 Å². The van der Waals surface area contributed by atoms with Crippen molar-refractivity contribution in [1.29, 1.82) is 0 Å². The van der Waals surface area contributed by atoms with E-state index in [1.165, 1.54) is 6.08 Å². The van der Waals surface area contributed by atoms with E-state index in [0.717, 1.165) is 36.9 Å². The number of carbonyl (C=O) groups excluding carboxylic acids is 1. The summed E-state index contributed by atoms with van der Waals surface area (Å²) in [6, 6.07) is 0. The summed E-state index contributed by atoms with van der Waals surface area (Å²) in [6.45, 7) is 6.88. The normalized spacial score (nSPS) is 24.3. The number of nitrogens with one attached hydrogen (secondary N) is 1. The minimum absolute atomic E-state index is 0.103. The van der Waals surface area contributed by atoms with Crippen molar-refractivity contribution in [3.63, 3.8) is 0 Å². The van der Waals surface area contributed by atoms with Crippen LogP contribution in [0, 0.1) is 11.3 Å². The summed E-state index contributed by atoms with van der Waals surface area (Å²) in [7, 11) is 0. The van der Waals surface area contributed by atoms with Crippen LogP contribution < -0.4 is 5.32 Å². The summed E-state index contributed by atoms with van der Waals surface area (Å²) in [5, 5.41) is 3.30. The van der Waals surface area contributed by atoms with Gasteiger partial charge in [0, 0.05) is 56.9 Å². The number of hydrogen-bond donors (Lipinski definition) is 1. The number of hydrogen-bond acceptors (Lipinski definition) is 5. The fourth-order valence-corrected chi connectivity index (χ4v) is 5.44. The highest BCUT2D eigenvalue weighted by atomic mass is 19.4. The largest absolute Gasteiger partial charge is 0.434 e. The van der Waals surface area contributed by atoms with Gasteiger partial charge in [0.05, 0.1) is 5.57 Å². The molecule has 1 atom stereocenters. The van der Waals surface area contributed by atoms with Crippen molar-refractivity contribution in [3.8, 4) is 0 Å². The number of allylic oxidation sites excluding steroid dienone is 3. The molecular formula is C25H35F9N4O2. The topological polar surface area (TPSA) is 48.0 Å². The molecule has 2 heterocycles. The van der Waals surface area contributed by atoms with Crippen LogP contribution in [0.25, 0.3) is 0 Å². The smallest absolute Gasteiger partial charge is 0.426 e. The molecule has 0 spiro atoms. The molecule has 0 bridgehead atoms. The third-order valence-corrected chi connectivity index (χ3v) is 7.66. The van der Waals surface area contributed by atoms with Gasteiger partial charge in [0.15, 0.2) is 0 Å². The number of amides is 1. The Bertz CT molecular complexity index is 918. The van der Waals surface area contributed by atoms with E-state index in [4.69, 9.17) is 0 Å². The highest BCUT2D eigenvalue weighted by molar-refractivity contribution is 5.68. The van der Waals surface area contributed by atoms with Crippen LogP contribution in [-0.2, 0) is 4.74 Å². The number of alkyl halides is 9. The highest BCUT2D eigenvalue weighted by Crippen LogP contribution is 2.44. The van der Waals surface area contributed by atoms with Gasteiger partial charge in [0.2, 0.25) is 0 Å². The summed E-state index contributed by atoms with van der Waals surface area (Å²) in [6.07, 6.45) is -18.0. The number of nitrogens with zero attached hydrogens (tertiary/aromatic N) is 3. The second-order valence-corrected chi connectivity index (χ2v) is 10.8. The van der Waals surface area contributed by atoms with Crippen molar-refractivity contribution in [2.75, 3.05) is 58.9 Å². The fourth-order valence-electron chi connectivity index (χ4n) is 5.44. The molecule has 2 aliphatic heterocycles. The van der Waals surface area contributed by atoms with E-state index in [0.29, 0.717) is 31.2 Å². The van der Waals surface area contributed by atoms with E-state index in [9.17, 15) is 44.3 Å². The molecule has 2 fully saturated rings. The van der Waals surface area contributed by atoms with E-state index < -0.39 is 41.7 Å². The maximum absolute atomic E-state index is 13.6. The van der Waals surface area contributed by atoms with Crippen LogP contribution in [0.2, 0.25) is 0 Å². The first-order valence-electron chi connectivity index (χ1n) is 13.2. The molecule has 40 heavy (non-hydrogen) atoms. The average Bonchev–Trinajstić information content (AvgIpc) is 2.84. The second-order valence-electron chi connectivity index (χ2n) is 10.8. The van der Waals surface area contributed by atoms with Crippen molar-refractivity contribution < 1.29 is 49.0 Å². The number of likely N-dealkylation sites (tertiary alicyclic amines) is 1. The van der Waals surface area contributed by atoms with Gasteiger partial charge >= 0.3 is 24.6 Å². The van der Waals surface area contributed by atoms with Gasteiger partial charge < -0.3 is 19.9 Å². The standard InChI is InChI=1S/C25H35F9N4O2/c1-3-35-15-17-5-8-37(9-6-17)19-14-18(23(26,27)28)4-7-22(19,2)16-36-10-12-38(13-11-36)21(39)40-20(24(29,30)31)25(32,33)34/h4,14,17,20,35H,3,5-13,15-16H2,1-2H3. The van der Waals surface area contributed by atoms with E-state index in [1.807, 2.05) is 23.6 Å². The first kappa shape index (κ1) is 32.4. The number of piperazine rings is 1. The summed E-state index contributed by atoms with van der Waals surface area (Å²) in [4.78, 5) is 16.7. The van der Waals surface area contributed by atoms with Crippen molar-refractivity contribution in [1.82, 2.24) is 20.0 Å². The molecule has 3 aliphatic rings. The van der Waals surface area contributed by atoms with Gasteiger partial charge in [-0.05, 0) is 44.3 Å². The van der Waals surface area contributed by atoms with E-state index >= 15 is 0 Å².